The summed E-state index contributed by atoms with van der Waals surface area (Å²) in [5.74, 6) is 1.50. The zero-order valence-electron chi connectivity index (χ0n) is 10.9. The van der Waals surface area contributed by atoms with E-state index >= 15 is 0 Å². The van der Waals surface area contributed by atoms with Gasteiger partial charge in [0.2, 0.25) is 0 Å². The van der Waals surface area contributed by atoms with E-state index in [0.717, 1.165) is 15.8 Å². The van der Waals surface area contributed by atoms with Gasteiger partial charge in [0.25, 0.3) is 0 Å². The molecule has 0 saturated heterocycles. The Morgan fingerprint density at radius 3 is 2.63 bits per heavy atom. The van der Waals surface area contributed by atoms with Crippen molar-refractivity contribution < 1.29 is 0 Å². The van der Waals surface area contributed by atoms with Crippen LogP contribution in [0.1, 0.15) is 50.4 Å². The molecule has 1 heterocycles. The summed E-state index contributed by atoms with van der Waals surface area (Å²) in [5, 5.41) is 0. The summed E-state index contributed by atoms with van der Waals surface area (Å²) in [7, 11) is 0. The highest BCUT2D eigenvalue weighted by molar-refractivity contribution is 9.10. The first-order chi connectivity index (χ1) is 9.29. The molecule has 4 heteroatoms. The molecule has 0 unspecified atom stereocenters. The summed E-state index contributed by atoms with van der Waals surface area (Å²) in [6, 6.07) is 6.85. The number of hydrogen-bond donors (Lipinski definition) is 0. The third-order valence-corrected chi connectivity index (χ3v) is 4.77. The van der Waals surface area contributed by atoms with E-state index in [9.17, 15) is 0 Å². The molecule has 2 nitrogen and oxygen atoms in total. The zero-order valence-corrected chi connectivity index (χ0v) is 13.3. The molecule has 0 amide bonds. The molecule has 1 aliphatic carbocycles. The van der Waals surface area contributed by atoms with Crippen LogP contribution in [0.15, 0.2) is 22.7 Å². The number of nitrogens with zero attached hydrogens (tertiary/aromatic N) is 2. The molecule has 0 N–H and O–H groups in total. The van der Waals surface area contributed by atoms with Crippen LogP contribution in [0.3, 0.4) is 0 Å². The first-order valence-corrected chi connectivity index (χ1v) is 8.34. The fourth-order valence-corrected chi connectivity index (χ4v) is 3.67. The minimum atomic E-state index is 0.489. The van der Waals surface area contributed by atoms with Crippen molar-refractivity contribution in [1.82, 2.24) is 9.55 Å². The number of fused-ring (bicyclic) bond motifs is 1. The molecular formula is C15H18BrClN2. The second kappa shape index (κ2) is 5.84. The summed E-state index contributed by atoms with van der Waals surface area (Å²) < 4.78 is 3.49. The number of aromatic nitrogens is 2. The summed E-state index contributed by atoms with van der Waals surface area (Å²) in [4.78, 5) is 4.69. The lowest BCUT2D eigenvalue weighted by atomic mass is 10.1. The van der Waals surface area contributed by atoms with Gasteiger partial charge in [-0.1, -0.05) is 41.6 Å². The van der Waals surface area contributed by atoms with Crippen LogP contribution < -0.4 is 0 Å². The fraction of sp³-hybridized carbons (Fsp3) is 0.533. The van der Waals surface area contributed by atoms with Crippen LogP contribution in [-0.2, 0) is 5.88 Å². The van der Waals surface area contributed by atoms with Crippen LogP contribution in [-0.4, -0.2) is 9.55 Å². The van der Waals surface area contributed by atoms with E-state index in [1.165, 1.54) is 44.0 Å². The Bertz CT molecular complexity index is 571. The lowest BCUT2D eigenvalue weighted by molar-refractivity contribution is 0.444. The molecule has 1 saturated carbocycles. The van der Waals surface area contributed by atoms with Gasteiger partial charge in [-0.3, -0.25) is 0 Å². The molecule has 0 aliphatic heterocycles. The number of rotatable bonds is 2. The van der Waals surface area contributed by atoms with Gasteiger partial charge in [0, 0.05) is 10.5 Å². The van der Waals surface area contributed by atoms with Crippen LogP contribution in [0.4, 0.5) is 0 Å². The van der Waals surface area contributed by atoms with E-state index in [-0.39, 0.29) is 0 Å². The van der Waals surface area contributed by atoms with E-state index in [1.54, 1.807) is 0 Å². The molecule has 3 rings (SSSR count). The van der Waals surface area contributed by atoms with E-state index in [1.807, 2.05) is 6.07 Å². The highest BCUT2D eigenvalue weighted by Gasteiger charge is 2.20. The third-order valence-electron chi connectivity index (χ3n) is 4.03. The van der Waals surface area contributed by atoms with Gasteiger partial charge in [0.15, 0.2) is 0 Å². The molecular weight excluding hydrogens is 324 g/mol. The standard InChI is InChI=1S/C15H18BrClN2/c16-11-7-8-13-14(9-11)19(15(10-17)18-13)12-5-3-1-2-4-6-12/h7-9,12H,1-6,10H2. The lowest BCUT2D eigenvalue weighted by Crippen LogP contribution is -2.11. The maximum absolute atomic E-state index is 6.11. The largest absolute Gasteiger partial charge is 0.324 e. The fourth-order valence-electron chi connectivity index (χ4n) is 3.13. The topological polar surface area (TPSA) is 17.8 Å². The predicted molar refractivity (Wildman–Crippen MR) is 83.7 cm³/mol. The molecule has 1 aromatic carbocycles. The minimum absolute atomic E-state index is 0.489. The number of halogens is 2. The second-order valence-corrected chi connectivity index (χ2v) is 6.49. The van der Waals surface area contributed by atoms with Gasteiger partial charge >= 0.3 is 0 Å². The van der Waals surface area contributed by atoms with E-state index in [0.29, 0.717) is 11.9 Å². The van der Waals surface area contributed by atoms with Gasteiger partial charge in [-0.25, -0.2) is 4.98 Å². The summed E-state index contributed by atoms with van der Waals surface area (Å²) in [6.07, 6.45) is 7.87. The Morgan fingerprint density at radius 2 is 1.95 bits per heavy atom. The van der Waals surface area contributed by atoms with E-state index in [4.69, 9.17) is 11.6 Å². The van der Waals surface area contributed by atoms with Crippen molar-refractivity contribution in [1.29, 1.82) is 0 Å². The molecule has 0 spiro atoms. The first-order valence-electron chi connectivity index (χ1n) is 7.02. The maximum atomic E-state index is 6.11. The Morgan fingerprint density at radius 1 is 1.21 bits per heavy atom. The van der Waals surface area contributed by atoms with Crippen molar-refractivity contribution in [3.63, 3.8) is 0 Å². The molecule has 0 radical (unpaired) electrons. The van der Waals surface area contributed by atoms with Gasteiger partial charge in [-0.2, -0.15) is 0 Å². The van der Waals surface area contributed by atoms with Gasteiger partial charge in [-0.15, -0.1) is 11.6 Å². The van der Waals surface area contributed by atoms with Gasteiger partial charge in [-0.05, 0) is 31.0 Å². The first kappa shape index (κ1) is 13.4. The quantitative estimate of drug-likeness (QED) is 0.526. The molecule has 1 fully saturated rings. The van der Waals surface area contributed by atoms with E-state index in [2.05, 4.69) is 37.6 Å². The van der Waals surface area contributed by atoms with Crippen LogP contribution in [0.25, 0.3) is 11.0 Å². The summed E-state index contributed by atoms with van der Waals surface area (Å²) >= 11 is 9.67. The number of imidazole rings is 1. The Kier molecular flexibility index (Phi) is 4.13. The van der Waals surface area contributed by atoms with Crippen LogP contribution in [0.2, 0.25) is 0 Å². The third kappa shape index (κ3) is 2.68. The number of benzene rings is 1. The Hall–Kier alpha value is -0.540. The lowest BCUT2D eigenvalue weighted by Gasteiger charge is -2.19. The summed E-state index contributed by atoms with van der Waals surface area (Å²) in [5.41, 5.74) is 2.28. The molecule has 1 aliphatic rings. The van der Waals surface area contributed by atoms with Gasteiger partial charge < -0.3 is 4.57 Å². The van der Waals surface area contributed by atoms with E-state index < -0.39 is 0 Å². The summed E-state index contributed by atoms with van der Waals surface area (Å²) in [6.45, 7) is 0. The van der Waals surface area contributed by atoms with Crippen molar-refractivity contribution in [2.75, 3.05) is 0 Å². The molecule has 1 aromatic heterocycles. The maximum Gasteiger partial charge on any atom is 0.125 e. The monoisotopic (exact) mass is 340 g/mol. The zero-order chi connectivity index (χ0) is 13.2. The van der Waals surface area contributed by atoms with Crippen LogP contribution in [0.5, 0.6) is 0 Å². The average molecular weight is 342 g/mol. The SMILES string of the molecule is ClCc1nc2ccc(Br)cc2n1C1CCCCCC1. The number of alkyl halides is 1. The smallest absolute Gasteiger partial charge is 0.125 e. The molecule has 0 atom stereocenters. The van der Waals surface area contributed by atoms with Crippen LogP contribution >= 0.6 is 27.5 Å². The van der Waals surface area contributed by atoms with Crippen molar-refractivity contribution in [3.8, 4) is 0 Å². The predicted octanol–water partition coefficient (Wildman–Crippen LogP) is 5.43. The van der Waals surface area contributed by atoms with Gasteiger partial charge in [0.1, 0.15) is 5.82 Å². The molecule has 102 valence electrons. The normalized spacial score (nSPS) is 17.8. The highest BCUT2D eigenvalue weighted by atomic mass is 79.9. The Balaban J connectivity index is 2.10. The van der Waals surface area contributed by atoms with Crippen molar-refractivity contribution >= 4 is 38.6 Å². The van der Waals surface area contributed by atoms with Crippen LogP contribution in [0, 0.1) is 0 Å². The number of hydrogen-bond acceptors (Lipinski definition) is 1. The highest BCUT2D eigenvalue weighted by Crippen LogP contribution is 2.33. The molecule has 0 bridgehead atoms. The minimum Gasteiger partial charge on any atom is -0.324 e. The Labute approximate surface area is 127 Å². The van der Waals surface area contributed by atoms with Crippen molar-refractivity contribution in [3.05, 3.63) is 28.5 Å². The van der Waals surface area contributed by atoms with Crippen molar-refractivity contribution in [2.45, 2.75) is 50.4 Å². The molecule has 19 heavy (non-hydrogen) atoms. The van der Waals surface area contributed by atoms with Crippen molar-refractivity contribution in [2.24, 2.45) is 0 Å². The van der Waals surface area contributed by atoms with Gasteiger partial charge in [0.05, 0.1) is 16.9 Å². The molecule has 2 aromatic rings. The average Bonchev–Trinajstić information content (AvgIpc) is 2.60. The second-order valence-electron chi connectivity index (χ2n) is 5.31.